The van der Waals surface area contributed by atoms with Crippen LogP contribution in [0.15, 0.2) is 103 Å². The number of nitrogens with zero attached hydrogens (tertiary/aromatic N) is 1. The van der Waals surface area contributed by atoms with Crippen molar-refractivity contribution >= 4 is 6.09 Å². The third kappa shape index (κ3) is 11.7. The molecule has 1 aliphatic rings. The lowest BCUT2D eigenvalue weighted by atomic mass is 9.84. The quantitative estimate of drug-likeness (QED) is 0.108. The molecule has 51 heavy (non-hydrogen) atoms. The minimum atomic E-state index is -0.642. The van der Waals surface area contributed by atoms with Crippen LogP contribution in [0.5, 0.6) is 17.2 Å². The molecule has 1 unspecified atom stereocenters. The van der Waals surface area contributed by atoms with Gasteiger partial charge in [-0.15, -0.1) is 0 Å². The lowest BCUT2D eigenvalue weighted by Gasteiger charge is -2.43. The predicted octanol–water partition coefficient (Wildman–Crippen LogP) is 8.19. The second kappa shape index (κ2) is 18.6. The van der Waals surface area contributed by atoms with Crippen molar-refractivity contribution in [2.45, 2.75) is 70.7 Å². The molecule has 9 nitrogen and oxygen atoms in total. The Morgan fingerprint density at radius 2 is 1.16 bits per heavy atom. The largest absolute Gasteiger partial charge is 0.497 e. The Kier molecular flexibility index (Phi) is 13.7. The highest BCUT2D eigenvalue weighted by atomic mass is 16.6. The number of likely N-dealkylation sites (tertiary alicyclic amines) is 1. The van der Waals surface area contributed by atoms with E-state index in [1.165, 1.54) is 0 Å². The second-order valence-electron chi connectivity index (χ2n) is 13.6. The maximum absolute atomic E-state index is 13.5. The number of amides is 1. The molecule has 4 aromatic rings. The van der Waals surface area contributed by atoms with Gasteiger partial charge in [0.1, 0.15) is 22.8 Å². The number of piperidine rings is 1. The van der Waals surface area contributed by atoms with Crippen LogP contribution in [0.1, 0.15) is 55.4 Å². The van der Waals surface area contributed by atoms with E-state index in [1.807, 2.05) is 99.6 Å². The highest BCUT2D eigenvalue weighted by molar-refractivity contribution is 5.68. The Morgan fingerprint density at radius 3 is 1.67 bits per heavy atom. The summed E-state index contributed by atoms with van der Waals surface area (Å²) in [5.74, 6) is 2.15. The van der Waals surface area contributed by atoms with Gasteiger partial charge < -0.3 is 38.1 Å². The molecule has 1 heterocycles. The van der Waals surface area contributed by atoms with Crippen LogP contribution in [0.4, 0.5) is 4.79 Å². The Balaban J connectivity index is 1.31. The lowest BCUT2D eigenvalue weighted by molar-refractivity contribution is -0.100. The summed E-state index contributed by atoms with van der Waals surface area (Å²) in [6.45, 7) is 8.76. The van der Waals surface area contributed by atoms with Gasteiger partial charge in [0.2, 0.25) is 0 Å². The molecule has 9 heteroatoms. The zero-order chi connectivity index (χ0) is 36.1. The van der Waals surface area contributed by atoms with Crippen molar-refractivity contribution in [3.05, 3.63) is 125 Å². The molecule has 272 valence electrons. The molecule has 0 saturated carbocycles. The third-order valence-electron chi connectivity index (χ3n) is 8.58. The predicted molar refractivity (Wildman–Crippen MR) is 196 cm³/mol. The summed E-state index contributed by atoms with van der Waals surface area (Å²) < 4.78 is 41.7. The number of carbonyl (C=O) groups excluding carboxylic acids is 1. The minimum Gasteiger partial charge on any atom is -0.497 e. The first-order chi connectivity index (χ1) is 24.7. The van der Waals surface area contributed by atoms with Crippen molar-refractivity contribution in [3.63, 3.8) is 0 Å². The summed E-state index contributed by atoms with van der Waals surface area (Å²) >= 11 is 0. The van der Waals surface area contributed by atoms with Gasteiger partial charge in [-0.2, -0.15) is 0 Å². The molecule has 4 aromatic carbocycles. The first-order valence-electron chi connectivity index (χ1n) is 17.5. The number of methoxy groups -OCH3 is 2. The number of hydrogen-bond acceptors (Lipinski definition) is 8. The zero-order valence-corrected chi connectivity index (χ0v) is 30.4. The summed E-state index contributed by atoms with van der Waals surface area (Å²) in [5.41, 5.74) is 3.55. The fourth-order valence-corrected chi connectivity index (χ4v) is 5.94. The summed E-state index contributed by atoms with van der Waals surface area (Å²) in [5, 5.41) is 0. The van der Waals surface area contributed by atoms with Gasteiger partial charge in [0.25, 0.3) is 0 Å². The minimum absolute atomic E-state index is 0.180. The summed E-state index contributed by atoms with van der Waals surface area (Å²) in [7, 11) is 3.29. The molecule has 0 bridgehead atoms. The molecule has 0 N–H and O–H groups in total. The van der Waals surface area contributed by atoms with E-state index in [9.17, 15) is 4.79 Å². The first-order valence-corrected chi connectivity index (χ1v) is 17.5. The fourth-order valence-electron chi connectivity index (χ4n) is 5.94. The van der Waals surface area contributed by atoms with Gasteiger partial charge in [0.05, 0.1) is 72.6 Å². The van der Waals surface area contributed by atoms with Crippen LogP contribution in [0.25, 0.3) is 0 Å². The van der Waals surface area contributed by atoms with Gasteiger partial charge in [-0.05, 0) is 79.4 Å². The molecular formula is C42H51NO8. The summed E-state index contributed by atoms with van der Waals surface area (Å²) in [6.07, 6.45) is -0.389. The van der Waals surface area contributed by atoms with E-state index in [4.69, 9.17) is 33.2 Å². The van der Waals surface area contributed by atoms with Gasteiger partial charge in [-0.1, -0.05) is 66.7 Å². The molecule has 0 aliphatic carbocycles. The van der Waals surface area contributed by atoms with Gasteiger partial charge in [-0.3, -0.25) is 0 Å². The second-order valence-corrected chi connectivity index (χ2v) is 13.6. The molecule has 1 aliphatic heterocycles. The Morgan fingerprint density at radius 1 is 0.647 bits per heavy atom. The van der Waals surface area contributed by atoms with Gasteiger partial charge in [-0.25, -0.2) is 4.79 Å². The molecule has 0 radical (unpaired) electrons. The monoisotopic (exact) mass is 697 g/mol. The van der Waals surface area contributed by atoms with Crippen LogP contribution in [0.2, 0.25) is 0 Å². The average Bonchev–Trinajstić information content (AvgIpc) is 3.14. The van der Waals surface area contributed by atoms with Crippen LogP contribution in [0.3, 0.4) is 0 Å². The van der Waals surface area contributed by atoms with Gasteiger partial charge >= 0.3 is 6.09 Å². The normalized spacial score (nSPS) is 17.5. The molecule has 0 spiro atoms. The SMILES string of the molecule is COc1ccc(CO[C@H]2CN(C(=O)OC(C)(C)C)C[C@@H](OCc3ccc(OC)cc3)C2c2ccc(OCCCOCc3ccccc3)cc2)cc1. The zero-order valence-electron chi connectivity index (χ0n) is 30.4. The molecule has 3 atom stereocenters. The topological polar surface area (TPSA) is 84.9 Å². The van der Waals surface area contributed by atoms with Crippen LogP contribution in [-0.2, 0) is 38.8 Å². The number of benzene rings is 4. The Labute approximate surface area is 302 Å². The van der Waals surface area contributed by atoms with Gasteiger partial charge in [0.15, 0.2) is 0 Å². The maximum Gasteiger partial charge on any atom is 0.410 e. The molecular weight excluding hydrogens is 646 g/mol. The van der Waals surface area contributed by atoms with E-state index in [2.05, 4.69) is 24.3 Å². The van der Waals surface area contributed by atoms with Crippen LogP contribution >= 0.6 is 0 Å². The highest BCUT2D eigenvalue weighted by Gasteiger charge is 2.42. The van der Waals surface area contributed by atoms with Crippen molar-refractivity contribution in [2.24, 2.45) is 0 Å². The maximum atomic E-state index is 13.5. The number of rotatable bonds is 16. The molecule has 1 saturated heterocycles. The van der Waals surface area contributed by atoms with Crippen LogP contribution in [-0.4, -0.2) is 69.3 Å². The standard InChI is InChI=1S/C42H51NO8/c1-42(2,3)51-41(44)43-26-38(49-29-32-12-18-35(45-4)19-13-32)40(39(27-43)50-30-33-14-20-36(46-5)21-15-33)34-16-22-37(23-17-34)48-25-9-24-47-28-31-10-7-6-8-11-31/h6-8,10-23,38-40H,9,24-30H2,1-5H3/t38-,39+,40?. The van der Waals surface area contributed by atoms with E-state index in [-0.39, 0.29) is 18.1 Å². The van der Waals surface area contributed by atoms with Crippen molar-refractivity contribution in [2.75, 3.05) is 40.5 Å². The number of ether oxygens (including phenoxy) is 7. The average molecular weight is 698 g/mol. The van der Waals surface area contributed by atoms with Crippen LogP contribution < -0.4 is 14.2 Å². The van der Waals surface area contributed by atoms with Crippen molar-refractivity contribution in [1.82, 2.24) is 4.90 Å². The van der Waals surface area contributed by atoms with Crippen LogP contribution in [0, 0.1) is 0 Å². The van der Waals surface area contributed by atoms with Crippen molar-refractivity contribution < 1.29 is 38.0 Å². The van der Waals surface area contributed by atoms with Gasteiger partial charge in [0, 0.05) is 12.3 Å². The molecule has 1 amide bonds. The third-order valence-corrected chi connectivity index (χ3v) is 8.58. The highest BCUT2D eigenvalue weighted by Crippen LogP contribution is 2.35. The Bertz CT molecular complexity index is 1540. The van der Waals surface area contributed by atoms with E-state index in [1.54, 1.807) is 19.1 Å². The Hall–Kier alpha value is -4.57. The van der Waals surface area contributed by atoms with E-state index in [0.717, 1.165) is 45.9 Å². The number of carbonyl (C=O) groups is 1. The lowest BCUT2D eigenvalue weighted by Crippen LogP contribution is -2.55. The smallest absolute Gasteiger partial charge is 0.410 e. The summed E-state index contributed by atoms with van der Waals surface area (Å²) in [6, 6.07) is 33.9. The van der Waals surface area contributed by atoms with E-state index in [0.29, 0.717) is 46.1 Å². The number of hydrogen-bond donors (Lipinski definition) is 0. The van der Waals surface area contributed by atoms with E-state index >= 15 is 0 Å². The molecule has 5 rings (SSSR count). The fraction of sp³-hybridized carbons (Fsp3) is 0.405. The first kappa shape index (κ1) is 37.7. The van der Waals surface area contributed by atoms with Crippen molar-refractivity contribution in [3.8, 4) is 17.2 Å². The van der Waals surface area contributed by atoms with E-state index < -0.39 is 11.7 Å². The van der Waals surface area contributed by atoms with Crippen molar-refractivity contribution in [1.29, 1.82) is 0 Å². The molecule has 0 aromatic heterocycles. The summed E-state index contributed by atoms with van der Waals surface area (Å²) in [4.78, 5) is 15.2. The molecule has 1 fully saturated rings.